The number of nitrogens with one attached hydrogen (secondary N) is 1. The first-order chi connectivity index (χ1) is 7.02. The number of carbonyl (C=O) groups is 3. The Bertz CT molecular complexity index is 431. The highest BCUT2D eigenvalue weighted by Crippen LogP contribution is 2.05. The van der Waals surface area contributed by atoms with Crippen LogP contribution in [-0.4, -0.2) is 17.7 Å². The number of primary amides is 1. The lowest BCUT2D eigenvalue weighted by Crippen LogP contribution is -2.40. The van der Waals surface area contributed by atoms with Crippen molar-refractivity contribution in [1.82, 2.24) is 5.32 Å². The van der Waals surface area contributed by atoms with E-state index in [0.717, 1.165) is 6.07 Å². The van der Waals surface area contributed by atoms with Crippen molar-refractivity contribution < 1.29 is 18.8 Å². The average Bonchev–Trinajstić information content (AvgIpc) is 2.18. The Morgan fingerprint density at radius 2 is 1.80 bits per heavy atom. The third-order valence-corrected chi connectivity index (χ3v) is 1.57. The molecule has 0 unspecified atom stereocenters. The van der Waals surface area contributed by atoms with Crippen LogP contribution >= 0.6 is 0 Å². The van der Waals surface area contributed by atoms with Crippen molar-refractivity contribution in [3.05, 3.63) is 35.6 Å². The minimum Gasteiger partial charge on any atom is -0.361 e. The van der Waals surface area contributed by atoms with E-state index in [1.165, 1.54) is 18.2 Å². The minimum atomic E-state index is -1.31. The van der Waals surface area contributed by atoms with Crippen molar-refractivity contribution in [3.63, 3.8) is 0 Å². The molecule has 0 aliphatic carbocycles. The first-order valence-corrected chi connectivity index (χ1v) is 3.92. The van der Waals surface area contributed by atoms with Crippen LogP contribution in [0.15, 0.2) is 24.3 Å². The predicted molar refractivity (Wildman–Crippen MR) is 48.1 cm³/mol. The molecule has 1 aromatic carbocycles. The summed E-state index contributed by atoms with van der Waals surface area (Å²) >= 11 is 0. The van der Waals surface area contributed by atoms with Crippen LogP contribution in [0.4, 0.5) is 4.39 Å². The quantitative estimate of drug-likeness (QED) is 0.616. The molecule has 0 aliphatic heterocycles. The summed E-state index contributed by atoms with van der Waals surface area (Å²) in [6.45, 7) is 0. The Morgan fingerprint density at radius 3 is 2.33 bits per heavy atom. The first-order valence-electron chi connectivity index (χ1n) is 3.92. The van der Waals surface area contributed by atoms with Crippen LogP contribution in [0.2, 0.25) is 0 Å². The molecule has 0 spiro atoms. The van der Waals surface area contributed by atoms with Crippen molar-refractivity contribution in [2.75, 3.05) is 0 Å². The Labute approximate surface area is 84.1 Å². The van der Waals surface area contributed by atoms with Gasteiger partial charge in [-0.15, -0.1) is 0 Å². The molecule has 15 heavy (non-hydrogen) atoms. The molecule has 3 N–H and O–H groups in total. The molecule has 0 aliphatic rings. The SMILES string of the molecule is NC(=O)C(=O)NC(=O)c1ccccc1F. The Hall–Kier alpha value is -2.24. The molecule has 6 heteroatoms. The van der Waals surface area contributed by atoms with E-state index in [4.69, 9.17) is 0 Å². The van der Waals surface area contributed by atoms with Crippen LogP contribution < -0.4 is 11.1 Å². The van der Waals surface area contributed by atoms with Crippen molar-refractivity contribution in [2.24, 2.45) is 5.73 Å². The van der Waals surface area contributed by atoms with Gasteiger partial charge in [0.05, 0.1) is 5.56 Å². The topological polar surface area (TPSA) is 89.3 Å². The molecule has 0 saturated carbocycles. The third kappa shape index (κ3) is 2.60. The van der Waals surface area contributed by atoms with Crippen molar-refractivity contribution in [2.45, 2.75) is 0 Å². The smallest absolute Gasteiger partial charge is 0.315 e. The van der Waals surface area contributed by atoms with E-state index < -0.39 is 23.5 Å². The van der Waals surface area contributed by atoms with E-state index in [1.54, 1.807) is 5.32 Å². The molecule has 3 amide bonds. The van der Waals surface area contributed by atoms with Crippen LogP contribution in [0.25, 0.3) is 0 Å². The average molecular weight is 210 g/mol. The standard InChI is InChI=1S/C9H7FN2O3/c10-6-4-2-1-3-5(6)8(14)12-9(15)7(11)13/h1-4H,(H2,11,13)(H,12,14,15). The second-order valence-electron chi connectivity index (χ2n) is 2.63. The van der Waals surface area contributed by atoms with E-state index in [1.807, 2.05) is 0 Å². The van der Waals surface area contributed by atoms with Gasteiger partial charge in [-0.1, -0.05) is 12.1 Å². The summed E-state index contributed by atoms with van der Waals surface area (Å²) in [7, 11) is 0. The summed E-state index contributed by atoms with van der Waals surface area (Å²) in [6.07, 6.45) is 0. The van der Waals surface area contributed by atoms with Gasteiger partial charge in [-0.2, -0.15) is 0 Å². The molecule has 0 heterocycles. The number of halogens is 1. The van der Waals surface area contributed by atoms with Crippen molar-refractivity contribution in [1.29, 1.82) is 0 Å². The maximum Gasteiger partial charge on any atom is 0.315 e. The van der Waals surface area contributed by atoms with Crippen LogP contribution in [0.3, 0.4) is 0 Å². The second-order valence-corrected chi connectivity index (χ2v) is 2.63. The maximum absolute atomic E-state index is 13.0. The van der Waals surface area contributed by atoms with Gasteiger partial charge in [0.15, 0.2) is 0 Å². The number of hydrogen-bond acceptors (Lipinski definition) is 3. The summed E-state index contributed by atoms with van der Waals surface area (Å²) in [5.74, 6) is -4.37. The van der Waals surface area contributed by atoms with Gasteiger partial charge in [0.25, 0.3) is 5.91 Å². The fraction of sp³-hybridized carbons (Fsp3) is 0. The minimum absolute atomic E-state index is 0.327. The molecule has 78 valence electrons. The van der Waals surface area contributed by atoms with Crippen LogP contribution in [0, 0.1) is 5.82 Å². The maximum atomic E-state index is 13.0. The lowest BCUT2D eigenvalue weighted by atomic mass is 10.2. The van der Waals surface area contributed by atoms with Crippen LogP contribution in [0.1, 0.15) is 10.4 Å². The fourth-order valence-corrected chi connectivity index (χ4v) is 0.877. The second kappa shape index (κ2) is 4.32. The molecule has 0 radical (unpaired) electrons. The van der Waals surface area contributed by atoms with E-state index in [-0.39, 0.29) is 5.56 Å². The number of carbonyl (C=O) groups excluding carboxylic acids is 3. The Morgan fingerprint density at radius 1 is 1.20 bits per heavy atom. The fourth-order valence-electron chi connectivity index (χ4n) is 0.877. The molecule has 0 saturated heterocycles. The third-order valence-electron chi connectivity index (χ3n) is 1.57. The molecule has 0 fully saturated rings. The van der Waals surface area contributed by atoms with Crippen LogP contribution in [-0.2, 0) is 9.59 Å². The summed E-state index contributed by atoms with van der Waals surface area (Å²) in [4.78, 5) is 32.2. The van der Waals surface area contributed by atoms with Gasteiger partial charge < -0.3 is 5.73 Å². The molecular weight excluding hydrogens is 203 g/mol. The normalized spacial score (nSPS) is 9.40. The highest BCUT2D eigenvalue weighted by molar-refractivity contribution is 6.38. The number of rotatable bonds is 1. The molecule has 0 aromatic heterocycles. The lowest BCUT2D eigenvalue weighted by molar-refractivity contribution is -0.136. The van der Waals surface area contributed by atoms with Gasteiger partial charge >= 0.3 is 11.8 Å². The molecule has 1 aromatic rings. The summed E-state index contributed by atoms with van der Waals surface area (Å²) < 4.78 is 13.0. The van der Waals surface area contributed by atoms with Gasteiger partial charge in [0.2, 0.25) is 0 Å². The first kappa shape index (κ1) is 10.8. The van der Waals surface area contributed by atoms with E-state index in [9.17, 15) is 18.8 Å². The zero-order chi connectivity index (χ0) is 11.4. The zero-order valence-electron chi connectivity index (χ0n) is 7.49. The largest absolute Gasteiger partial charge is 0.361 e. The number of hydrogen-bond donors (Lipinski definition) is 2. The van der Waals surface area contributed by atoms with Gasteiger partial charge in [-0.3, -0.25) is 19.7 Å². The van der Waals surface area contributed by atoms with Gasteiger partial charge in [-0.05, 0) is 12.1 Å². The summed E-state index contributed by atoms with van der Waals surface area (Å²) in [5, 5.41) is 1.64. The van der Waals surface area contributed by atoms with Gasteiger partial charge in [0, 0.05) is 0 Å². The molecular formula is C9H7FN2O3. The highest BCUT2D eigenvalue weighted by atomic mass is 19.1. The van der Waals surface area contributed by atoms with Crippen LogP contribution in [0.5, 0.6) is 0 Å². The highest BCUT2D eigenvalue weighted by Gasteiger charge is 2.16. The Kier molecular flexibility index (Phi) is 3.12. The molecule has 5 nitrogen and oxygen atoms in total. The van der Waals surface area contributed by atoms with Crippen molar-refractivity contribution >= 4 is 17.7 Å². The number of amides is 3. The van der Waals surface area contributed by atoms with E-state index in [0.29, 0.717) is 0 Å². The number of nitrogens with two attached hydrogens (primary N) is 1. The van der Waals surface area contributed by atoms with E-state index >= 15 is 0 Å². The summed E-state index contributed by atoms with van der Waals surface area (Å²) in [6, 6.07) is 5.05. The van der Waals surface area contributed by atoms with Gasteiger partial charge in [0.1, 0.15) is 5.82 Å². The monoisotopic (exact) mass is 210 g/mol. The van der Waals surface area contributed by atoms with E-state index in [2.05, 4.69) is 5.73 Å². The lowest BCUT2D eigenvalue weighted by Gasteiger charge is -2.01. The van der Waals surface area contributed by atoms with Crippen molar-refractivity contribution in [3.8, 4) is 0 Å². The number of benzene rings is 1. The molecule has 1 rings (SSSR count). The Balaban J connectivity index is 2.83. The van der Waals surface area contributed by atoms with Gasteiger partial charge in [-0.25, -0.2) is 4.39 Å². The summed E-state index contributed by atoms with van der Waals surface area (Å²) in [5.41, 5.74) is 4.28. The zero-order valence-corrected chi connectivity index (χ0v) is 7.49. The predicted octanol–water partition coefficient (Wildman–Crippen LogP) is -0.433. The molecule has 0 atom stereocenters. The number of imide groups is 1. The molecule has 0 bridgehead atoms.